The summed E-state index contributed by atoms with van der Waals surface area (Å²) in [5.74, 6) is -0.495. The van der Waals surface area contributed by atoms with Crippen LogP contribution in [0.3, 0.4) is 0 Å². The van der Waals surface area contributed by atoms with E-state index >= 15 is 0 Å². The van der Waals surface area contributed by atoms with Crippen LogP contribution in [0.15, 0.2) is 30.3 Å². The molecule has 3 fully saturated rings. The second-order valence-electron chi connectivity index (χ2n) is 16.1. The van der Waals surface area contributed by atoms with Gasteiger partial charge in [0.25, 0.3) is 0 Å². The molecule has 2 heterocycles. The Bertz CT molecular complexity index is 1290. The number of nitrogens with one attached hydrogen (secondary N) is 1. The molecule has 3 atom stereocenters. The number of ketones is 1. The Hall–Kier alpha value is -2.96. The number of fused-ring (bicyclic) bond motifs is 3. The van der Waals surface area contributed by atoms with Crippen molar-refractivity contribution in [2.75, 3.05) is 26.7 Å². The Morgan fingerprint density at radius 3 is 2.32 bits per heavy atom. The number of urea groups is 1. The molecule has 1 spiro atoms. The Kier molecular flexibility index (Phi) is 11.2. The molecule has 2 bridgehead atoms. The van der Waals surface area contributed by atoms with Crippen LogP contribution in [0, 0.1) is 5.41 Å². The third kappa shape index (κ3) is 9.14. The van der Waals surface area contributed by atoms with Gasteiger partial charge in [-0.1, -0.05) is 51.1 Å². The maximum Gasteiger partial charge on any atom is 0.410 e. The lowest BCUT2D eigenvalue weighted by atomic mass is 9.85. The molecule has 4 amide bonds. The van der Waals surface area contributed by atoms with Crippen LogP contribution in [-0.4, -0.2) is 97.5 Å². The second-order valence-corrected chi connectivity index (χ2v) is 20.8. The fraction of sp³-hybridized carbons (Fsp3) is 0.714. The summed E-state index contributed by atoms with van der Waals surface area (Å²) in [4.78, 5) is 62.3. The van der Waals surface area contributed by atoms with Crippen molar-refractivity contribution in [1.82, 2.24) is 20.2 Å². The van der Waals surface area contributed by atoms with Gasteiger partial charge in [-0.15, -0.1) is 0 Å². The number of hydroxylamine groups is 2. The number of Topliss-reactive ketones (excluding diaryl/α,β-unsaturated/α-hetero) is 1. The van der Waals surface area contributed by atoms with E-state index in [0.717, 1.165) is 18.4 Å². The van der Waals surface area contributed by atoms with Crippen molar-refractivity contribution in [2.24, 2.45) is 5.41 Å². The van der Waals surface area contributed by atoms with Gasteiger partial charge < -0.3 is 24.3 Å². The Morgan fingerprint density at radius 1 is 1.06 bits per heavy atom. The van der Waals surface area contributed by atoms with Gasteiger partial charge in [0.1, 0.15) is 24.4 Å². The molecule has 1 aromatic rings. The highest BCUT2D eigenvalue weighted by atomic mass is 28.4. The normalized spacial score (nSPS) is 21.1. The van der Waals surface area contributed by atoms with Crippen LogP contribution in [-0.2, 0) is 30.2 Å². The largest absolute Gasteiger partial charge is 0.444 e. The molecule has 4 rings (SSSR count). The average Bonchev–Trinajstić information content (AvgIpc) is 3.69. The summed E-state index contributed by atoms with van der Waals surface area (Å²) in [6, 6.07) is 8.69. The first-order valence-corrected chi connectivity index (χ1v) is 19.9. The first kappa shape index (κ1) is 36.9. The van der Waals surface area contributed by atoms with E-state index < -0.39 is 26.1 Å². The molecule has 2 aliphatic heterocycles. The summed E-state index contributed by atoms with van der Waals surface area (Å²) < 4.78 is 12.0. The van der Waals surface area contributed by atoms with E-state index in [9.17, 15) is 19.2 Å². The number of carbonyl (C=O) groups excluding carboxylic acids is 4. The second kappa shape index (κ2) is 14.3. The monoisotopic (exact) mass is 672 g/mol. The highest BCUT2D eigenvalue weighted by molar-refractivity contribution is 6.74. The van der Waals surface area contributed by atoms with Crippen molar-refractivity contribution >= 4 is 32.1 Å². The molecule has 11 nitrogen and oxygen atoms in total. The number of carbonyl (C=O) groups is 4. The molecule has 1 N–H and O–H groups in total. The van der Waals surface area contributed by atoms with Crippen LogP contribution in [0.5, 0.6) is 0 Å². The van der Waals surface area contributed by atoms with Gasteiger partial charge in [0.2, 0.25) is 5.91 Å². The van der Waals surface area contributed by atoms with E-state index in [2.05, 4.69) is 39.2 Å². The molecular weight excluding hydrogens is 616 g/mol. The van der Waals surface area contributed by atoms with Crippen molar-refractivity contribution in [3.8, 4) is 0 Å². The highest BCUT2D eigenvalue weighted by Gasteiger charge is 2.64. The van der Waals surface area contributed by atoms with E-state index in [0.29, 0.717) is 38.8 Å². The summed E-state index contributed by atoms with van der Waals surface area (Å²) in [5.41, 5.74) is 0.269. The molecule has 1 aromatic carbocycles. The van der Waals surface area contributed by atoms with Crippen LogP contribution in [0.2, 0.25) is 18.1 Å². The van der Waals surface area contributed by atoms with Crippen molar-refractivity contribution in [3.05, 3.63) is 35.9 Å². The number of hydrogen-bond acceptors (Lipinski definition) is 7. The number of piperidine rings is 1. The number of ether oxygens (including phenoxy) is 1. The number of unbranched alkanes of at least 4 members (excludes halogenated alkanes) is 1. The Balaban J connectivity index is 1.35. The minimum atomic E-state index is -2.31. The van der Waals surface area contributed by atoms with E-state index in [-0.39, 0.29) is 53.5 Å². The first-order chi connectivity index (χ1) is 21.8. The van der Waals surface area contributed by atoms with Gasteiger partial charge in [-0.2, -0.15) is 5.06 Å². The van der Waals surface area contributed by atoms with Gasteiger partial charge in [0, 0.05) is 20.1 Å². The Labute approximate surface area is 281 Å². The minimum absolute atomic E-state index is 0.0823. The number of amides is 4. The maximum absolute atomic E-state index is 13.7. The molecular formula is C35H56N4O7Si. The Morgan fingerprint density at radius 2 is 1.72 bits per heavy atom. The minimum Gasteiger partial charge on any atom is -0.444 e. The van der Waals surface area contributed by atoms with Gasteiger partial charge in [-0.25, -0.2) is 9.59 Å². The summed E-state index contributed by atoms with van der Waals surface area (Å²) in [7, 11) is -0.602. The lowest BCUT2D eigenvalue weighted by molar-refractivity contribution is -0.153. The SMILES string of the molecule is CN(CCCC[C@H](O[Si](C)(C)C(C)(C)C)C(=O)CNC(=O)[C@@H]1CC2(CC2)[C@@H]2CN1C(=O)N2OCc1ccccc1)C(=O)OC(C)(C)C. The van der Waals surface area contributed by atoms with Crippen LogP contribution < -0.4 is 5.32 Å². The predicted molar refractivity (Wildman–Crippen MR) is 182 cm³/mol. The molecule has 12 heteroatoms. The molecule has 3 aliphatic rings. The number of benzene rings is 1. The standard InChI is InChI=1S/C35H56N4O7Si/c1-33(2,3)45-32(43)37(7)20-14-13-17-28(46-47(8,9)34(4,5)6)27(40)22-36-30(41)26-21-35(18-19-35)29-23-38(26)31(42)39(29)44-24-25-15-11-10-12-16-25/h10-12,15-16,26,28-29H,13-14,17-24H2,1-9H3,(H,36,41)/t26-,28-,29-/m0/s1. The van der Waals surface area contributed by atoms with Crippen LogP contribution >= 0.6 is 0 Å². The van der Waals surface area contributed by atoms with E-state index in [4.69, 9.17) is 14.0 Å². The van der Waals surface area contributed by atoms with Crippen LogP contribution in [0.1, 0.15) is 85.6 Å². The number of rotatable bonds is 14. The summed E-state index contributed by atoms with van der Waals surface area (Å²) in [5, 5.41) is 4.25. The molecule has 2 saturated heterocycles. The van der Waals surface area contributed by atoms with Crippen molar-refractivity contribution in [3.63, 3.8) is 0 Å². The van der Waals surface area contributed by atoms with Gasteiger partial charge >= 0.3 is 12.1 Å². The molecule has 1 saturated carbocycles. The quantitative estimate of drug-likeness (QED) is 0.194. The zero-order valence-electron chi connectivity index (χ0n) is 29.9. The van der Waals surface area contributed by atoms with E-state index in [1.165, 1.54) is 5.06 Å². The van der Waals surface area contributed by atoms with Crippen molar-refractivity contribution in [1.29, 1.82) is 0 Å². The average molecular weight is 673 g/mol. The van der Waals surface area contributed by atoms with E-state index in [1.807, 2.05) is 51.1 Å². The zero-order valence-corrected chi connectivity index (χ0v) is 30.9. The van der Waals surface area contributed by atoms with Crippen molar-refractivity contribution in [2.45, 2.75) is 129 Å². The fourth-order valence-corrected chi connectivity index (χ4v) is 7.38. The van der Waals surface area contributed by atoms with Crippen LogP contribution in [0.25, 0.3) is 0 Å². The summed E-state index contributed by atoms with van der Waals surface area (Å²) >= 11 is 0. The molecule has 262 valence electrons. The topological polar surface area (TPSA) is 118 Å². The van der Waals surface area contributed by atoms with Gasteiger partial charge in [0.05, 0.1) is 12.6 Å². The lowest BCUT2D eigenvalue weighted by Gasteiger charge is -2.39. The van der Waals surface area contributed by atoms with Gasteiger partial charge in [-0.05, 0) is 88.4 Å². The van der Waals surface area contributed by atoms with Gasteiger partial charge in [0.15, 0.2) is 14.1 Å². The van der Waals surface area contributed by atoms with Crippen LogP contribution in [0.4, 0.5) is 9.59 Å². The molecule has 1 aliphatic carbocycles. The number of hydrogen-bond donors (Lipinski definition) is 1. The highest BCUT2D eigenvalue weighted by Crippen LogP contribution is 2.59. The molecule has 47 heavy (non-hydrogen) atoms. The molecule has 0 unspecified atom stereocenters. The third-order valence-electron chi connectivity index (χ3n) is 10.1. The van der Waals surface area contributed by atoms with Gasteiger partial charge in [-0.3, -0.25) is 14.4 Å². The fourth-order valence-electron chi connectivity index (χ4n) is 6.06. The number of nitrogens with zero attached hydrogens (tertiary/aromatic N) is 3. The summed E-state index contributed by atoms with van der Waals surface area (Å²) in [6.07, 6.45) is 3.21. The van der Waals surface area contributed by atoms with E-state index in [1.54, 1.807) is 16.8 Å². The predicted octanol–water partition coefficient (Wildman–Crippen LogP) is 5.89. The molecule has 0 radical (unpaired) electrons. The molecule has 0 aromatic heterocycles. The lowest BCUT2D eigenvalue weighted by Crippen LogP contribution is -2.54. The summed E-state index contributed by atoms with van der Waals surface area (Å²) in [6.45, 7) is 17.2. The smallest absolute Gasteiger partial charge is 0.410 e. The van der Waals surface area contributed by atoms with Crippen molar-refractivity contribution < 1.29 is 33.2 Å². The zero-order chi connectivity index (χ0) is 34.8. The maximum atomic E-state index is 13.7. The third-order valence-corrected chi connectivity index (χ3v) is 14.6. The first-order valence-electron chi connectivity index (χ1n) is 17.0.